The Labute approximate surface area is 154 Å². The van der Waals surface area contributed by atoms with Gasteiger partial charge in [0.15, 0.2) is 0 Å². The number of nitrogens with zero attached hydrogens (tertiary/aromatic N) is 2. The van der Waals surface area contributed by atoms with Gasteiger partial charge in [0.1, 0.15) is 17.5 Å². The Morgan fingerprint density at radius 1 is 1.15 bits per heavy atom. The summed E-state index contributed by atoms with van der Waals surface area (Å²) in [5.41, 5.74) is -0.146. The first-order chi connectivity index (χ1) is 13.0. The lowest BCUT2D eigenvalue weighted by Crippen LogP contribution is -2.43. The van der Waals surface area contributed by atoms with Gasteiger partial charge in [0, 0.05) is 50.6 Å². The number of fused-ring (bicyclic) bond motifs is 1. The molecule has 0 atom stereocenters. The van der Waals surface area contributed by atoms with E-state index >= 15 is 0 Å². The van der Waals surface area contributed by atoms with E-state index in [-0.39, 0.29) is 17.7 Å². The van der Waals surface area contributed by atoms with E-state index in [4.69, 9.17) is 4.74 Å². The highest BCUT2D eigenvalue weighted by molar-refractivity contribution is 5.92. The molecule has 2 N–H and O–H groups in total. The summed E-state index contributed by atoms with van der Waals surface area (Å²) in [7, 11) is 2.00. The van der Waals surface area contributed by atoms with Gasteiger partial charge in [0.05, 0.1) is 5.52 Å². The maximum Gasteiger partial charge on any atom is 0.326 e. The molecule has 27 heavy (non-hydrogen) atoms. The molecule has 0 bridgehead atoms. The van der Waals surface area contributed by atoms with Crippen LogP contribution in [0.5, 0.6) is 5.75 Å². The summed E-state index contributed by atoms with van der Waals surface area (Å²) in [5, 5.41) is 1.07. The molecule has 2 aromatic heterocycles. The van der Waals surface area contributed by atoms with Crippen LogP contribution in [0.3, 0.4) is 0 Å². The summed E-state index contributed by atoms with van der Waals surface area (Å²) in [6.45, 7) is 1.01. The zero-order chi connectivity index (χ0) is 19.0. The van der Waals surface area contributed by atoms with Crippen molar-refractivity contribution in [1.29, 1.82) is 0 Å². The van der Waals surface area contributed by atoms with Gasteiger partial charge >= 0.3 is 5.69 Å². The summed E-state index contributed by atoms with van der Waals surface area (Å²) in [6, 6.07) is 9.13. The number of hydrogen-bond donors (Lipinski definition) is 2. The van der Waals surface area contributed by atoms with Crippen molar-refractivity contribution in [2.75, 3.05) is 13.1 Å². The second-order valence-electron chi connectivity index (χ2n) is 6.73. The van der Waals surface area contributed by atoms with Crippen LogP contribution in [0.4, 0.5) is 0 Å². The van der Waals surface area contributed by atoms with E-state index in [1.54, 1.807) is 4.90 Å². The molecule has 1 fully saturated rings. The third kappa shape index (κ3) is 3.38. The van der Waals surface area contributed by atoms with E-state index in [9.17, 15) is 14.4 Å². The summed E-state index contributed by atoms with van der Waals surface area (Å²) in [5.74, 6) is 0.499. The molecule has 3 aromatic rings. The Bertz CT molecular complexity index is 1070. The lowest BCUT2D eigenvalue weighted by atomic mass is 10.1. The molecule has 3 heterocycles. The Kier molecular flexibility index (Phi) is 4.31. The van der Waals surface area contributed by atoms with E-state index in [0.717, 1.165) is 22.7 Å². The van der Waals surface area contributed by atoms with Crippen LogP contribution in [-0.2, 0) is 7.05 Å². The average molecular weight is 368 g/mol. The van der Waals surface area contributed by atoms with Gasteiger partial charge in [-0.3, -0.25) is 14.6 Å². The Morgan fingerprint density at radius 2 is 1.93 bits per heavy atom. The number of likely N-dealkylation sites (tertiary alicyclic amines) is 1. The van der Waals surface area contributed by atoms with Crippen LogP contribution in [0.15, 0.2) is 46.1 Å². The average Bonchev–Trinajstić information content (AvgIpc) is 3.03. The van der Waals surface area contributed by atoms with Gasteiger partial charge in [-0.1, -0.05) is 6.07 Å². The number of carbonyl (C=O) groups excluding carboxylic acids is 1. The highest BCUT2D eigenvalue weighted by Gasteiger charge is 2.26. The van der Waals surface area contributed by atoms with Gasteiger partial charge in [-0.05, 0) is 18.2 Å². The second kappa shape index (κ2) is 6.79. The number of aromatic amines is 2. The van der Waals surface area contributed by atoms with Crippen molar-refractivity contribution in [3.05, 3.63) is 63.1 Å². The number of ether oxygens (including phenoxy) is 1. The minimum Gasteiger partial charge on any atom is -0.490 e. The fraction of sp³-hybridized carbons (Fsp3) is 0.316. The first-order valence-electron chi connectivity index (χ1n) is 8.85. The van der Waals surface area contributed by atoms with Crippen molar-refractivity contribution in [2.24, 2.45) is 7.05 Å². The van der Waals surface area contributed by atoms with Crippen molar-refractivity contribution in [1.82, 2.24) is 19.4 Å². The SMILES string of the molecule is Cn1ccc2c(OC3CCN(C(=O)c4cc(=O)[nH]c(=O)[nH]4)CC3)cccc21. The number of aryl methyl sites for hydroxylation is 1. The Morgan fingerprint density at radius 3 is 2.67 bits per heavy atom. The zero-order valence-electron chi connectivity index (χ0n) is 14.9. The van der Waals surface area contributed by atoms with E-state index in [0.29, 0.717) is 25.9 Å². The van der Waals surface area contributed by atoms with Gasteiger partial charge < -0.3 is 19.2 Å². The second-order valence-corrected chi connectivity index (χ2v) is 6.73. The number of H-pyrrole nitrogens is 2. The van der Waals surface area contributed by atoms with Crippen molar-refractivity contribution < 1.29 is 9.53 Å². The molecular weight excluding hydrogens is 348 g/mol. The molecule has 1 amide bonds. The van der Waals surface area contributed by atoms with Gasteiger partial charge in [0.25, 0.3) is 11.5 Å². The van der Waals surface area contributed by atoms with Crippen LogP contribution in [0.2, 0.25) is 0 Å². The molecule has 0 aliphatic carbocycles. The molecule has 140 valence electrons. The van der Waals surface area contributed by atoms with Gasteiger partial charge in [-0.2, -0.15) is 0 Å². The molecule has 1 aliphatic rings. The normalized spacial score (nSPS) is 15.2. The molecule has 0 spiro atoms. The quantitative estimate of drug-likeness (QED) is 0.726. The third-order valence-electron chi connectivity index (χ3n) is 4.90. The minimum atomic E-state index is -0.681. The summed E-state index contributed by atoms with van der Waals surface area (Å²) < 4.78 is 8.24. The molecule has 0 radical (unpaired) electrons. The minimum absolute atomic E-state index is 0.0113. The van der Waals surface area contributed by atoms with E-state index in [2.05, 4.69) is 9.97 Å². The predicted octanol–water partition coefficient (Wildman–Crippen LogP) is 1.24. The van der Waals surface area contributed by atoms with Crippen LogP contribution in [0.1, 0.15) is 23.3 Å². The molecular formula is C19H20N4O4. The first kappa shape index (κ1) is 17.1. The van der Waals surface area contributed by atoms with Crippen LogP contribution in [0.25, 0.3) is 10.9 Å². The number of aromatic nitrogens is 3. The van der Waals surface area contributed by atoms with Gasteiger partial charge in [0.2, 0.25) is 0 Å². The standard InChI is InChI=1S/C19H20N4O4/c1-22-8-7-13-15(22)3-2-4-16(13)27-12-5-9-23(10-6-12)18(25)14-11-17(24)21-19(26)20-14/h2-4,7-8,11-12H,5-6,9-10H2,1H3,(H2,20,21,24,26). The molecule has 0 saturated carbocycles. The largest absolute Gasteiger partial charge is 0.490 e. The summed E-state index contributed by atoms with van der Waals surface area (Å²) >= 11 is 0. The molecule has 4 rings (SSSR count). The monoisotopic (exact) mass is 368 g/mol. The number of carbonyl (C=O) groups is 1. The maximum absolute atomic E-state index is 12.5. The highest BCUT2D eigenvalue weighted by Crippen LogP contribution is 2.28. The number of nitrogens with one attached hydrogen (secondary N) is 2. The van der Waals surface area contributed by atoms with Crippen LogP contribution < -0.4 is 16.0 Å². The van der Waals surface area contributed by atoms with Crippen molar-refractivity contribution >= 4 is 16.8 Å². The number of hydrogen-bond acceptors (Lipinski definition) is 4. The van der Waals surface area contributed by atoms with E-state index < -0.39 is 11.2 Å². The van der Waals surface area contributed by atoms with E-state index in [1.165, 1.54) is 0 Å². The highest BCUT2D eigenvalue weighted by atomic mass is 16.5. The number of piperidine rings is 1. The van der Waals surface area contributed by atoms with Crippen LogP contribution >= 0.6 is 0 Å². The lowest BCUT2D eigenvalue weighted by molar-refractivity contribution is 0.0592. The lowest BCUT2D eigenvalue weighted by Gasteiger charge is -2.32. The summed E-state index contributed by atoms with van der Waals surface area (Å²) in [6.07, 6.45) is 3.38. The predicted molar refractivity (Wildman–Crippen MR) is 100 cm³/mol. The fourth-order valence-electron chi connectivity index (χ4n) is 3.49. The van der Waals surface area contributed by atoms with Crippen LogP contribution in [0, 0.1) is 0 Å². The zero-order valence-corrected chi connectivity index (χ0v) is 14.9. The van der Waals surface area contributed by atoms with Crippen molar-refractivity contribution in [2.45, 2.75) is 18.9 Å². The fourth-order valence-corrected chi connectivity index (χ4v) is 3.49. The van der Waals surface area contributed by atoms with E-state index in [1.807, 2.05) is 42.1 Å². The Balaban J connectivity index is 1.43. The first-order valence-corrected chi connectivity index (χ1v) is 8.85. The number of amides is 1. The number of rotatable bonds is 3. The molecule has 1 aliphatic heterocycles. The molecule has 1 aromatic carbocycles. The van der Waals surface area contributed by atoms with Crippen molar-refractivity contribution in [3.63, 3.8) is 0 Å². The smallest absolute Gasteiger partial charge is 0.326 e. The third-order valence-corrected chi connectivity index (χ3v) is 4.90. The van der Waals surface area contributed by atoms with Crippen LogP contribution in [-0.4, -0.2) is 44.5 Å². The molecule has 8 nitrogen and oxygen atoms in total. The molecule has 0 unspecified atom stereocenters. The summed E-state index contributed by atoms with van der Waals surface area (Å²) in [4.78, 5) is 41.3. The molecule has 1 saturated heterocycles. The molecule has 8 heteroatoms. The maximum atomic E-state index is 12.5. The topological polar surface area (TPSA) is 100 Å². The van der Waals surface area contributed by atoms with Gasteiger partial charge in [-0.25, -0.2) is 4.79 Å². The Hall–Kier alpha value is -3.29. The van der Waals surface area contributed by atoms with Gasteiger partial charge in [-0.15, -0.1) is 0 Å². The number of benzene rings is 1. The van der Waals surface area contributed by atoms with Crippen molar-refractivity contribution in [3.8, 4) is 5.75 Å².